The van der Waals surface area contributed by atoms with Crippen LogP contribution in [0.3, 0.4) is 0 Å². The Morgan fingerprint density at radius 3 is 2.44 bits per heavy atom. The van der Waals surface area contributed by atoms with Crippen LogP contribution < -0.4 is 0 Å². The van der Waals surface area contributed by atoms with E-state index in [1.165, 1.54) is 0 Å². The molecule has 0 spiro atoms. The summed E-state index contributed by atoms with van der Waals surface area (Å²) in [5.74, 6) is 1.37. The number of nitrogens with zero attached hydrogens (tertiary/aromatic N) is 3. The van der Waals surface area contributed by atoms with E-state index in [9.17, 15) is 9.59 Å². The van der Waals surface area contributed by atoms with E-state index >= 15 is 0 Å². The lowest BCUT2D eigenvalue weighted by Gasteiger charge is -2.37. The van der Waals surface area contributed by atoms with E-state index in [0.717, 1.165) is 26.2 Å². The van der Waals surface area contributed by atoms with Gasteiger partial charge in [0.25, 0.3) is 0 Å². The molecule has 2 heterocycles. The molecule has 0 aromatic rings. The van der Waals surface area contributed by atoms with Crippen molar-refractivity contribution in [3.63, 3.8) is 0 Å². The highest BCUT2D eigenvalue weighted by Gasteiger charge is 2.27. The fourth-order valence-corrected chi connectivity index (χ4v) is 3.20. The summed E-state index contributed by atoms with van der Waals surface area (Å²) in [6.45, 7) is 8.05. The molecule has 0 atom stereocenters. The van der Waals surface area contributed by atoms with Crippen molar-refractivity contribution < 1.29 is 9.59 Å². The van der Waals surface area contributed by atoms with Crippen LogP contribution in [0.4, 0.5) is 0 Å². The average molecular weight is 271 g/mol. The predicted molar refractivity (Wildman–Crippen MR) is 72.3 cm³/mol. The Kier molecular flexibility index (Phi) is 4.50. The van der Waals surface area contributed by atoms with Crippen LogP contribution in [0.5, 0.6) is 0 Å². The maximum atomic E-state index is 12.1. The quantitative estimate of drug-likeness (QED) is 0.729. The van der Waals surface area contributed by atoms with E-state index in [2.05, 4.69) is 18.7 Å². The second-order valence-electron chi connectivity index (χ2n) is 5.08. The van der Waals surface area contributed by atoms with Crippen LogP contribution in [0.15, 0.2) is 0 Å². The van der Waals surface area contributed by atoms with Gasteiger partial charge in [-0.1, -0.05) is 0 Å². The molecule has 0 unspecified atom stereocenters. The van der Waals surface area contributed by atoms with E-state index in [4.69, 9.17) is 0 Å². The largest absolute Gasteiger partial charge is 0.339 e. The Morgan fingerprint density at radius 1 is 1.28 bits per heavy atom. The van der Waals surface area contributed by atoms with Crippen molar-refractivity contribution in [2.75, 3.05) is 44.4 Å². The topological polar surface area (TPSA) is 43.9 Å². The molecule has 2 aliphatic rings. The van der Waals surface area contributed by atoms with E-state index in [-0.39, 0.29) is 18.4 Å². The van der Waals surface area contributed by atoms with Crippen LogP contribution >= 0.6 is 11.8 Å². The summed E-state index contributed by atoms with van der Waals surface area (Å²) in [7, 11) is 0. The van der Waals surface area contributed by atoms with Gasteiger partial charge in [0, 0.05) is 32.2 Å². The van der Waals surface area contributed by atoms with Crippen molar-refractivity contribution in [3.8, 4) is 0 Å². The van der Waals surface area contributed by atoms with Gasteiger partial charge in [-0.3, -0.25) is 14.5 Å². The molecule has 6 heteroatoms. The van der Waals surface area contributed by atoms with E-state index < -0.39 is 0 Å². The van der Waals surface area contributed by atoms with E-state index in [0.29, 0.717) is 17.7 Å². The van der Waals surface area contributed by atoms with Crippen LogP contribution in [0.1, 0.15) is 13.8 Å². The van der Waals surface area contributed by atoms with Crippen molar-refractivity contribution in [1.82, 2.24) is 14.7 Å². The van der Waals surface area contributed by atoms with Crippen LogP contribution in [0, 0.1) is 0 Å². The first kappa shape index (κ1) is 13.7. The lowest BCUT2D eigenvalue weighted by molar-refractivity contribution is -0.139. The van der Waals surface area contributed by atoms with Gasteiger partial charge in [0.15, 0.2) is 0 Å². The lowest BCUT2D eigenvalue weighted by Crippen LogP contribution is -2.52. The van der Waals surface area contributed by atoms with Crippen molar-refractivity contribution in [1.29, 1.82) is 0 Å². The molecule has 0 aromatic heterocycles. The number of piperazine rings is 1. The van der Waals surface area contributed by atoms with Crippen molar-refractivity contribution in [3.05, 3.63) is 0 Å². The first-order chi connectivity index (χ1) is 8.58. The Balaban J connectivity index is 1.79. The first-order valence-electron chi connectivity index (χ1n) is 6.45. The molecule has 2 fully saturated rings. The Bertz CT molecular complexity index is 327. The third-order valence-corrected chi connectivity index (χ3v) is 4.49. The molecule has 0 saturated carbocycles. The molecule has 0 radical (unpaired) electrons. The van der Waals surface area contributed by atoms with Gasteiger partial charge in [-0.2, -0.15) is 0 Å². The second-order valence-corrected chi connectivity index (χ2v) is 6.03. The van der Waals surface area contributed by atoms with E-state index in [1.807, 2.05) is 4.90 Å². The van der Waals surface area contributed by atoms with Crippen molar-refractivity contribution >= 4 is 23.6 Å². The molecule has 2 amide bonds. The standard InChI is InChI=1S/C12H21N3O2S/c1-10(2)13-3-5-14(6-4-13)11(16)7-15-9-18-8-12(15)17/h10H,3-9H2,1-2H3. The van der Waals surface area contributed by atoms with Gasteiger partial charge < -0.3 is 9.80 Å². The molecule has 18 heavy (non-hydrogen) atoms. The lowest BCUT2D eigenvalue weighted by atomic mass is 10.2. The molecule has 102 valence electrons. The van der Waals surface area contributed by atoms with Crippen LogP contribution in [-0.4, -0.2) is 76.9 Å². The zero-order valence-electron chi connectivity index (χ0n) is 11.1. The molecular formula is C12H21N3O2S. The summed E-state index contributed by atoms with van der Waals surface area (Å²) >= 11 is 1.58. The summed E-state index contributed by atoms with van der Waals surface area (Å²) in [5.41, 5.74) is 0. The Labute approximate surface area is 112 Å². The molecule has 2 rings (SSSR count). The normalized spacial score (nSPS) is 22.1. The third-order valence-electron chi connectivity index (χ3n) is 3.55. The minimum absolute atomic E-state index is 0.0918. The van der Waals surface area contributed by atoms with Crippen LogP contribution in [-0.2, 0) is 9.59 Å². The van der Waals surface area contributed by atoms with Crippen molar-refractivity contribution in [2.24, 2.45) is 0 Å². The first-order valence-corrected chi connectivity index (χ1v) is 7.60. The number of carbonyl (C=O) groups is 2. The van der Waals surface area contributed by atoms with Crippen LogP contribution in [0.2, 0.25) is 0 Å². The summed E-state index contributed by atoms with van der Waals surface area (Å²) in [6.07, 6.45) is 0. The van der Waals surface area contributed by atoms with Gasteiger partial charge in [0.2, 0.25) is 11.8 Å². The molecule has 0 aromatic carbocycles. The van der Waals surface area contributed by atoms with E-state index in [1.54, 1.807) is 16.7 Å². The summed E-state index contributed by atoms with van der Waals surface area (Å²) < 4.78 is 0. The number of hydrogen-bond donors (Lipinski definition) is 0. The number of rotatable bonds is 3. The van der Waals surface area contributed by atoms with Gasteiger partial charge >= 0.3 is 0 Å². The third kappa shape index (κ3) is 3.17. The smallest absolute Gasteiger partial charge is 0.242 e. The SMILES string of the molecule is CC(C)N1CCN(C(=O)CN2CSCC2=O)CC1. The minimum Gasteiger partial charge on any atom is -0.339 e. The fraction of sp³-hybridized carbons (Fsp3) is 0.833. The van der Waals surface area contributed by atoms with Crippen molar-refractivity contribution in [2.45, 2.75) is 19.9 Å². The minimum atomic E-state index is 0.0918. The zero-order chi connectivity index (χ0) is 13.1. The number of amides is 2. The highest BCUT2D eigenvalue weighted by atomic mass is 32.2. The molecule has 2 saturated heterocycles. The summed E-state index contributed by atoms with van der Waals surface area (Å²) in [4.78, 5) is 29.5. The average Bonchev–Trinajstić information content (AvgIpc) is 2.75. The maximum Gasteiger partial charge on any atom is 0.242 e. The number of hydrogen-bond acceptors (Lipinski definition) is 4. The molecular weight excluding hydrogens is 250 g/mol. The summed E-state index contributed by atoms with van der Waals surface area (Å²) in [5, 5.41) is 0. The molecule has 2 aliphatic heterocycles. The van der Waals surface area contributed by atoms with Crippen LogP contribution in [0.25, 0.3) is 0 Å². The molecule has 0 bridgehead atoms. The molecule has 0 N–H and O–H groups in total. The number of carbonyl (C=O) groups excluding carboxylic acids is 2. The number of thioether (sulfide) groups is 1. The highest BCUT2D eigenvalue weighted by molar-refractivity contribution is 8.00. The second kappa shape index (κ2) is 5.93. The Hall–Kier alpha value is -0.750. The zero-order valence-corrected chi connectivity index (χ0v) is 11.9. The highest BCUT2D eigenvalue weighted by Crippen LogP contribution is 2.15. The Morgan fingerprint density at radius 2 is 1.94 bits per heavy atom. The predicted octanol–water partition coefficient (Wildman–Crippen LogP) is 0.0719. The summed E-state index contributed by atoms with van der Waals surface area (Å²) in [6, 6.07) is 0.541. The monoisotopic (exact) mass is 271 g/mol. The van der Waals surface area contributed by atoms with Gasteiger partial charge in [0.05, 0.1) is 11.6 Å². The van der Waals surface area contributed by atoms with Gasteiger partial charge in [-0.25, -0.2) is 0 Å². The maximum absolute atomic E-state index is 12.1. The van der Waals surface area contributed by atoms with Gasteiger partial charge in [-0.15, -0.1) is 11.8 Å². The van der Waals surface area contributed by atoms with Gasteiger partial charge in [-0.05, 0) is 13.8 Å². The van der Waals surface area contributed by atoms with Gasteiger partial charge in [0.1, 0.15) is 6.54 Å². The molecule has 5 nitrogen and oxygen atoms in total. The fourth-order valence-electron chi connectivity index (χ4n) is 2.29. The molecule has 0 aliphatic carbocycles.